The van der Waals surface area contributed by atoms with Crippen LogP contribution >= 0.6 is 11.3 Å². The Labute approximate surface area is 177 Å². The zero-order valence-electron chi connectivity index (χ0n) is 16.7. The summed E-state index contributed by atoms with van der Waals surface area (Å²) in [5.41, 5.74) is 4.81. The predicted octanol–water partition coefficient (Wildman–Crippen LogP) is 8.21. The van der Waals surface area contributed by atoms with Gasteiger partial charge >= 0.3 is 0 Å². The van der Waals surface area contributed by atoms with E-state index in [0.717, 1.165) is 30.8 Å². The van der Waals surface area contributed by atoms with Gasteiger partial charge in [0, 0.05) is 28.8 Å². The van der Waals surface area contributed by atoms with E-state index >= 15 is 0 Å². The second-order valence-electron chi connectivity index (χ2n) is 7.00. The predicted molar refractivity (Wildman–Crippen MR) is 125 cm³/mol. The van der Waals surface area contributed by atoms with Gasteiger partial charge in [-0.15, -0.1) is 0 Å². The molecule has 4 rings (SSSR count). The lowest BCUT2D eigenvalue weighted by Gasteiger charge is -2.11. The lowest BCUT2D eigenvalue weighted by molar-refractivity contribution is 0.310. The van der Waals surface area contributed by atoms with Gasteiger partial charge in [0.1, 0.15) is 5.75 Å². The van der Waals surface area contributed by atoms with Crippen molar-refractivity contribution in [1.29, 1.82) is 0 Å². The summed E-state index contributed by atoms with van der Waals surface area (Å²) in [6.45, 7) is 2.94. The molecule has 0 bridgehead atoms. The second kappa shape index (κ2) is 9.49. The molecule has 144 valence electrons. The highest BCUT2D eigenvalue weighted by Crippen LogP contribution is 2.39. The number of hydrogen-bond acceptors (Lipinski definition) is 1. The molecule has 29 heavy (non-hydrogen) atoms. The number of hydrogen-bond donors (Lipinski definition) is 0. The summed E-state index contributed by atoms with van der Waals surface area (Å²) in [6.07, 6.45) is 2.20. The highest BCUT2D eigenvalue weighted by atomic mass is 32.1. The highest BCUT2D eigenvalue weighted by molar-refractivity contribution is 7.18. The third-order valence-electron chi connectivity index (χ3n) is 4.86. The first-order chi connectivity index (χ1) is 14.3. The van der Waals surface area contributed by atoms with Crippen LogP contribution in [-0.2, 0) is 0 Å². The van der Waals surface area contributed by atoms with E-state index in [2.05, 4.69) is 97.9 Å². The molecule has 1 nitrogen and oxygen atoms in total. The summed E-state index contributed by atoms with van der Waals surface area (Å²) in [5.74, 6) is 0.954. The van der Waals surface area contributed by atoms with E-state index in [1.54, 1.807) is 0 Å². The van der Waals surface area contributed by atoms with Crippen molar-refractivity contribution >= 4 is 11.3 Å². The number of benzene rings is 3. The summed E-state index contributed by atoms with van der Waals surface area (Å²) in [5, 5.41) is 0. The van der Waals surface area contributed by atoms with Crippen LogP contribution in [0.3, 0.4) is 0 Å². The van der Waals surface area contributed by atoms with E-state index in [1.807, 2.05) is 17.4 Å². The minimum atomic E-state index is 0.750. The first-order valence-electron chi connectivity index (χ1n) is 10.2. The van der Waals surface area contributed by atoms with Gasteiger partial charge in [0.2, 0.25) is 21.1 Å². The summed E-state index contributed by atoms with van der Waals surface area (Å²) < 4.78 is 6.13. The molecule has 0 unspecified atom stereocenters. The van der Waals surface area contributed by atoms with E-state index in [0.29, 0.717) is 0 Å². The van der Waals surface area contributed by atoms with Gasteiger partial charge in [0.05, 0.1) is 6.61 Å². The van der Waals surface area contributed by atoms with Crippen LogP contribution in [0.25, 0.3) is 32.0 Å². The molecule has 0 atom stereocenters. The maximum atomic E-state index is 6.13. The molecule has 4 aromatic rings. The fourth-order valence-corrected chi connectivity index (χ4v) is 4.42. The monoisotopic (exact) mass is 397 g/mol. The standard InChI is InChI=1S/C27H25OS/c1-2-3-18-28-25-17-11-10-16-24(25)23-19-26(21-12-6-4-7-13-21)29-27(20-23)22-14-8-5-9-15-22/h4-17,19-20H,2-3,18H2,1H3/q+1. The molecule has 0 saturated carbocycles. The summed E-state index contributed by atoms with van der Waals surface area (Å²) in [6, 6.07) is 34.1. The first-order valence-corrected chi connectivity index (χ1v) is 11.0. The molecule has 0 N–H and O–H groups in total. The van der Waals surface area contributed by atoms with Crippen molar-refractivity contribution in [1.82, 2.24) is 0 Å². The van der Waals surface area contributed by atoms with Gasteiger partial charge in [0.15, 0.2) is 0 Å². The minimum absolute atomic E-state index is 0.750. The van der Waals surface area contributed by atoms with Gasteiger partial charge in [-0.25, -0.2) is 0 Å². The summed E-state index contributed by atoms with van der Waals surface area (Å²) in [7, 11) is 0. The van der Waals surface area contributed by atoms with Crippen LogP contribution in [0.5, 0.6) is 5.75 Å². The largest absolute Gasteiger partial charge is 0.493 e. The Morgan fingerprint density at radius 3 is 1.79 bits per heavy atom. The maximum Gasteiger partial charge on any atom is 0.239 e. The number of rotatable bonds is 7. The van der Waals surface area contributed by atoms with Crippen LogP contribution in [0.1, 0.15) is 19.8 Å². The van der Waals surface area contributed by atoms with Crippen molar-refractivity contribution in [2.75, 3.05) is 6.61 Å². The molecule has 0 aliphatic carbocycles. The van der Waals surface area contributed by atoms with Crippen molar-refractivity contribution in [3.63, 3.8) is 0 Å². The Morgan fingerprint density at radius 1 is 0.655 bits per heavy atom. The molecule has 0 spiro atoms. The molecule has 0 aliphatic rings. The molecule has 0 amide bonds. The molecule has 3 aromatic carbocycles. The van der Waals surface area contributed by atoms with E-state index in [1.165, 1.54) is 26.4 Å². The topological polar surface area (TPSA) is 9.23 Å². The quantitative estimate of drug-likeness (QED) is 0.225. The highest BCUT2D eigenvalue weighted by Gasteiger charge is 2.20. The molecule has 1 heterocycles. The minimum Gasteiger partial charge on any atom is -0.493 e. The average molecular weight is 398 g/mol. The fourth-order valence-electron chi connectivity index (χ4n) is 3.30. The van der Waals surface area contributed by atoms with Gasteiger partial charge in [-0.05, 0) is 42.3 Å². The normalized spacial score (nSPS) is 10.7. The van der Waals surface area contributed by atoms with E-state index in [-0.39, 0.29) is 0 Å². The van der Waals surface area contributed by atoms with E-state index < -0.39 is 0 Å². The Kier molecular flexibility index (Phi) is 6.33. The molecule has 0 fully saturated rings. The molecular weight excluding hydrogens is 372 g/mol. The van der Waals surface area contributed by atoms with Gasteiger partial charge < -0.3 is 4.74 Å². The number of para-hydroxylation sites is 1. The summed E-state index contributed by atoms with van der Waals surface area (Å²) >= 11 is 1.82. The van der Waals surface area contributed by atoms with Crippen LogP contribution in [0.15, 0.2) is 97.1 Å². The SMILES string of the molecule is CCCCOc1ccccc1-c1cc(-c2ccccc2)[s+]c(-c2ccccc2)c1. The smallest absolute Gasteiger partial charge is 0.239 e. The molecular formula is C27H25OS+. The van der Waals surface area contributed by atoms with Crippen molar-refractivity contribution in [2.24, 2.45) is 0 Å². The van der Waals surface area contributed by atoms with Crippen molar-refractivity contribution in [3.8, 4) is 37.8 Å². The molecule has 0 radical (unpaired) electrons. The van der Waals surface area contributed by atoms with Crippen molar-refractivity contribution in [3.05, 3.63) is 97.1 Å². The van der Waals surface area contributed by atoms with Crippen LogP contribution < -0.4 is 4.74 Å². The Morgan fingerprint density at radius 2 is 1.21 bits per heavy atom. The molecule has 1 aromatic heterocycles. The van der Waals surface area contributed by atoms with Crippen LogP contribution in [0.2, 0.25) is 0 Å². The molecule has 2 heteroatoms. The van der Waals surface area contributed by atoms with Crippen molar-refractivity contribution in [2.45, 2.75) is 19.8 Å². The van der Waals surface area contributed by atoms with Gasteiger partial charge in [-0.2, -0.15) is 0 Å². The second-order valence-corrected chi connectivity index (χ2v) is 8.09. The van der Waals surface area contributed by atoms with Crippen LogP contribution in [-0.4, -0.2) is 6.61 Å². The van der Waals surface area contributed by atoms with Crippen LogP contribution in [0.4, 0.5) is 0 Å². The van der Waals surface area contributed by atoms with E-state index in [9.17, 15) is 0 Å². The number of ether oxygens (including phenoxy) is 1. The third kappa shape index (κ3) is 4.72. The van der Waals surface area contributed by atoms with Crippen LogP contribution in [0, 0.1) is 0 Å². The lowest BCUT2D eigenvalue weighted by Crippen LogP contribution is -1.98. The Bertz CT molecular complexity index is 1000. The van der Waals surface area contributed by atoms with Gasteiger partial charge in [-0.3, -0.25) is 0 Å². The lowest BCUT2D eigenvalue weighted by atomic mass is 10.0. The maximum absolute atomic E-state index is 6.13. The van der Waals surface area contributed by atoms with Gasteiger partial charge in [-0.1, -0.05) is 67.9 Å². The zero-order chi connectivity index (χ0) is 19.9. The number of unbranched alkanes of at least 4 members (excludes halogenated alkanes) is 1. The van der Waals surface area contributed by atoms with E-state index in [4.69, 9.17) is 4.74 Å². The zero-order valence-corrected chi connectivity index (χ0v) is 17.5. The Balaban J connectivity index is 1.84. The third-order valence-corrected chi connectivity index (χ3v) is 6.01. The Hall–Kier alpha value is -2.97. The fraction of sp³-hybridized carbons (Fsp3) is 0.148. The van der Waals surface area contributed by atoms with Gasteiger partial charge in [0.25, 0.3) is 0 Å². The average Bonchev–Trinajstić information content (AvgIpc) is 2.80. The van der Waals surface area contributed by atoms with Crippen molar-refractivity contribution < 1.29 is 4.74 Å². The first kappa shape index (κ1) is 19.4. The summed E-state index contributed by atoms with van der Waals surface area (Å²) in [4.78, 5) is 2.51. The molecule has 0 saturated heterocycles. The molecule has 0 aliphatic heterocycles.